The van der Waals surface area contributed by atoms with Crippen LogP contribution in [-0.4, -0.2) is 52.4 Å². The molecule has 0 atom stereocenters. The lowest BCUT2D eigenvalue weighted by Gasteiger charge is -2.16. The summed E-state index contributed by atoms with van der Waals surface area (Å²) in [4.78, 5) is 34.5. The molecule has 0 unspecified atom stereocenters. The molecule has 0 saturated carbocycles. The lowest BCUT2D eigenvalue weighted by atomic mass is 10.1. The fourth-order valence-corrected chi connectivity index (χ4v) is 3.33. The average molecular weight is 370 g/mol. The van der Waals surface area contributed by atoms with E-state index in [2.05, 4.69) is 4.74 Å². The van der Waals surface area contributed by atoms with Gasteiger partial charge >= 0.3 is 12.1 Å². The number of anilines is 1. The van der Waals surface area contributed by atoms with Crippen LogP contribution in [0, 0.1) is 0 Å². The molecule has 10 heteroatoms. The van der Waals surface area contributed by atoms with Crippen LogP contribution in [-0.2, 0) is 30.7 Å². The lowest BCUT2D eigenvalue weighted by Crippen LogP contribution is -2.34. The molecule has 1 aromatic rings. The molecule has 9 nitrogen and oxygen atoms in total. The van der Waals surface area contributed by atoms with Crippen LogP contribution in [0.4, 0.5) is 10.5 Å². The van der Waals surface area contributed by atoms with Crippen molar-refractivity contribution in [3.8, 4) is 0 Å². The summed E-state index contributed by atoms with van der Waals surface area (Å²) in [6, 6.07) is 4.48. The number of carbonyl (C=O) groups excluding carboxylic acids is 3. The number of benzene rings is 1. The molecular weight excluding hydrogens is 352 g/mol. The van der Waals surface area contributed by atoms with Crippen LogP contribution in [0.5, 0.6) is 0 Å². The third kappa shape index (κ3) is 4.69. The number of imide groups is 1. The van der Waals surface area contributed by atoms with Gasteiger partial charge in [-0.1, -0.05) is 0 Å². The Morgan fingerprint density at radius 1 is 1.24 bits per heavy atom. The summed E-state index contributed by atoms with van der Waals surface area (Å²) in [5.41, 5.74) is 1.42. The van der Waals surface area contributed by atoms with Gasteiger partial charge < -0.3 is 9.47 Å². The molecule has 1 aliphatic rings. The number of nitrogens with one attached hydrogen (secondary N) is 1. The molecule has 0 radical (unpaired) electrons. The Labute approximate surface area is 144 Å². The Morgan fingerprint density at radius 2 is 1.96 bits per heavy atom. The van der Waals surface area contributed by atoms with Gasteiger partial charge in [-0.3, -0.25) is 14.4 Å². The summed E-state index contributed by atoms with van der Waals surface area (Å²) in [5, 5.41) is 1.90. The first-order chi connectivity index (χ1) is 11.7. The molecule has 25 heavy (non-hydrogen) atoms. The van der Waals surface area contributed by atoms with Crippen LogP contribution in [0.3, 0.4) is 0 Å². The number of alkyl carbamates (subject to hydrolysis) is 1. The number of hydrogen-bond donors (Lipinski definition) is 1. The van der Waals surface area contributed by atoms with Gasteiger partial charge in [0.1, 0.15) is 0 Å². The van der Waals surface area contributed by atoms with Crippen molar-refractivity contribution in [3.05, 3.63) is 29.3 Å². The van der Waals surface area contributed by atoms with Gasteiger partial charge in [0.15, 0.2) is 6.61 Å². The summed E-state index contributed by atoms with van der Waals surface area (Å²) >= 11 is 0. The van der Waals surface area contributed by atoms with Gasteiger partial charge in [0.05, 0.1) is 24.1 Å². The fraction of sp³-hybridized carbons (Fsp3) is 0.400. The van der Waals surface area contributed by atoms with E-state index in [1.807, 2.05) is 5.32 Å². The number of hydrogen-bond acceptors (Lipinski definition) is 7. The van der Waals surface area contributed by atoms with Crippen molar-refractivity contribution in [1.29, 1.82) is 0 Å². The molecular formula is C15H18N2O7S. The highest BCUT2D eigenvalue weighted by Crippen LogP contribution is 2.30. The Morgan fingerprint density at radius 3 is 2.60 bits per heavy atom. The summed E-state index contributed by atoms with van der Waals surface area (Å²) < 4.78 is 34.0. The van der Waals surface area contributed by atoms with E-state index in [0.717, 1.165) is 6.26 Å². The molecule has 2 rings (SSSR count). The molecule has 0 fully saturated rings. The number of sulfonamides is 1. The van der Waals surface area contributed by atoms with Gasteiger partial charge in [-0.15, -0.1) is 0 Å². The van der Waals surface area contributed by atoms with E-state index in [9.17, 15) is 22.8 Å². The summed E-state index contributed by atoms with van der Waals surface area (Å²) in [6.45, 7) is 1.38. The first-order valence-corrected chi connectivity index (χ1v) is 9.31. The predicted molar refractivity (Wildman–Crippen MR) is 87.8 cm³/mol. The van der Waals surface area contributed by atoms with E-state index in [1.54, 1.807) is 6.92 Å². The van der Waals surface area contributed by atoms with Crippen LogP contribution in [0.15, 0.2) is 18.2 Å². The SMILES string of the molecule is CCOC(=O)NC(=O)COC(=O)c1ccc2c(c1)CCN2S(C)(=O)=O. The number of nitrogens with zero attached hydrogens (tertiary/aromatic N) is 1. The fourth-order valence-electron chi connectivity index (χ4n) is 2.37. The van der Waals surface area contributed by atoms with Gasteiger partial charge in [-0.2, -0.15) is 0 Å². The van der Waals surface area contributed by atoms with E-state index in [-0.39, 0.29) is 12.2 Å². The van der Waals surface area contributed by atoms with Gasteiger partial charge in [0, 0.05) is 6.54 Å². The molecule has 0 bridgehead atoms. The van der Waals surface area contributed by atoms with Gasteiger partial charge in [0.2, 0.25) is 10.0 Å². The van der Waals surface area contributed by atoms with Crippen LogP contribution in [0.25, 0.3) is 0 Å². The number of fused-ring (bicyclic) bond motifs is 1. The molecule has 0 aromatic heterocycles. The molecule has 0 aliphatic carbocycles. The van der Waals surface area contributed by atoms with Crippen LogP contribution >= 0.6 is 0 Å². The van der Waals surface area contributed by atoms with Crippen LogP contribution < -0.4 is 9.62 Å². The highest BCUT2D eigenvalue weighted by Gasteiger charge is 2.27. The molecule has 1 aliphatic heterocycles. The van der Waals surface area contributed by atoms with E-state index in [4.69, 9.17) is 4.74 Å². The quantitative estimate of drug-likeness (QED) is 0.747. The minimum atomic E-state index is -3.37. The Kier molecular flexibility index (Phi) is 5.62. The highest BCUT2D eigenvalue weighted by atomic mass is 32.2. The molecule has 1 heterocycles. The zero-order chi connectivity index (χ0) is 18.6. The van der Waals surface area contributed by atoms with Crippen molar-refractivity contribution in [2.75, 3.05) is 30.3 Å². The smallest absolute Gasteiger partial charge is 0.413 e. The lowest BCUT2D eigenvalue weighted by molar-refractivity contribution is -0.123. The minimum Gasteiger partial charge on any atom is -0.452 e. The highest BCUT2D eigenvalue weighted by molar-refractivity contribution is 7.92. The third-order valence-electron chi connectivity index (χ3n) is 3.42. The van der Waals surface area contributed by atoms with Crippen molar-refractivity contribution in [1.82, 2.24) is 5.32 Å². The first-order valence-electron chi connectivity index (χ1n) is 7.46. The zero-order valence-corrected chi connectivity index (χ0v) is 14.6. The second kappa shape index (κ2) is 7.51. The Balaban J connectivity index is 1.98. The maximum absolute atomic E-state index is 12.0. The van der Waals surface area contributed by atoms with E-state index in [1.165, 1.54) is 22.5 Å². The summed E-state index contributed by atoms with van der Waals surface area (Å²) in [7, 11) is -3.37. The van der Waals surface area contributed by atoms with E-state index in [0.29, 0.717) is 24.2 Å². The topological polar surface area (TPSA) is 119 Å². The monoisotopic (exact) mass is 370 g/mol. The van der Waals surface area contributed by atoms with E-state index < -0.39 is 34.6 Å². The van der Waals surface area contributed by atoms with Crippen molar-refractivity contribution in [2.24, 2.45) is 0 Å². The summed E-state index contributed by atoms with van der Waals surface area (Å²) in [5.74, 6) is -1.56. The molecule has 2 amide bonds. The zero-order valence-electron chi connectivity index (χ0n) is 13.8. The van der Waals surface area contributed by atoms with E-state index >= 15 is 0 Å². The Bertz CT molecular complexity index is 804. The molecule has 0 saturated heterocycles. The van der Waals surface area contributed by atoms with Crippen molar-refractivity contribution in [3.63, 3.8) is 0 Å². The van der Waals surface area contributed by atoms with Crippen molar-refractivity contribution < 1.29 is 32.3 Å². The molecule has 136 valence electrons. The average Bonchev–Trinajstić information content (AvgIpc) is 2.95. The normalized spacial score (nSPS) is 13.1. The maximum Gasteiger partial charge on any atom is 0.413 e. The van der Waals surface area contributed by atoms with Crippen molar-refractivity contribution >= 4 is 33.7 Å². The second-order valence-electron chi connectivity index (χ2n) is 5.27. The minimum absolute atomic E-state index is 0.110. The number of carbonyl (C=O) groups is 3. The molecule has 1 N–H and O–H groups in total. The molecule has 0 spiro atoms. The second-order valence-corrected chi connectivity index (χ2v) is 7.18. The standard InChI is InChI=1S/C15H18N2O7S/c1-3-23-15(20)16-13(18)9-24-14(19)11-4-5-12-10(8-11)6-7-17(12)25(2,21)22/h4-5,8H,3,6-7,9H2,1-2H3,(H,16,18,20). The Hall–Kier alpha value is -2.62. The predicted octanol–water partition coefficient (Wildman–Crippen LogP) is 0.438. The van der Waals surface area contributed by atoms with Crippen LogP contribution in [0.2, 0.25) is 0 Å². The first kappa shape index (κ1) is 18.7. The molecule has 1 aromatic carbocycles. The van der Waals surface area contributed by atoms with Gasteiger partial charge in [0.25, 0.3) is 5.91 Å². The van der Waals surface area contributed by atoms with Gasteiger partial charge in [-0.05, 0) is 37.1 Å². The third-order valence-corrected chi connectivity index (χ3v) is 4.60. The number of esters is 1. The van der Waals surface area contributed by atoms with Gasteiger partial charge in [-0.25, -0.2) is 18.0 Å². The number of amides is 2. The maximum atomic E-state index is 12.0. The summed E-state index contributed by atoms with van der Waals surface area (Å²) in [6.07, 6.45) is 0.682. The number of rotatable bonds is 5. The number of ether oxygens (including phenoxy) is 2. The largest absolute Gasteiger partial charge is 0.452 e. The van der Waals surface area contributed by atoms with Crippen LogP contribution in [0.1, 0.15) is 22.8 Å². The van der Waals surface area contributed by atoms with Crippen molar-refractivity contribution in [2.45, 2.75) is 13.3 Å².